The number of hydrogen-bond acceptors (Lipinski definition) is 5. The number of nitrogens with zero attached hydrogens (tertiary/aromatic N) is 5. The van der Waals surface area contributed by atoms with Crippen molar-refractivity contribution in [2.45, 2.75) is 46.1 Å². The van der Waals surface area contributed by atoms with Crippen molar-refractivity contribution in [3.63, 3.8) is 0 Å². The number of benzene rings is 2. The number of aromatic nitrogens is 4. The van der Waals surface area contributed by atoms with E-state index in [2.05, 4.69) is 37.6 Å². The lowest BCUT2D eigenvalue weighted by Crippen LogP contribution is -2.33. The zero-order valence-corrected chi connectivity index (χ0v) is 19.2. The zero-order valence-electron chi connectivity index (χ0n) is 19.2. The van der Waals surface area contributed by atoms with Crippen LogP contribution >= 0.6 is 0 Å². The van der Waals surface area contributed by atoms with E-state index < -0.39 is 17.8 Å². The van der Waals surface area contributed by atoms with Crippen LogP contribution in [-0.4, -0.2) is 26.5 Å². The molecular formula is C25H25F3N6. The van der Waals surface area contributed by atoms with Crippen molar-refractivity contribution in [1.82, 2.24) is 20.0 Å². The molecule has 9 heteroatoms. The van der Waals surface area contributed by atoms with Crippen LogP contribution in [0.2, 0.25) is 0 Å². The van der Waals surface area contributed by atoms with Gasteiger partial charge in [0.25, 0.3) is 0 Å². The van der Waals surface area contributed by atoms with Crippen LogP contribution in [-0.2, 0) is 19.3 Å². The third-order valence-electron chi connectivity index (χ3n) is 6.55. The van der Waals surface area contributed by atoms with E-state index in [0.29, 0.717) is 11.4 Å². The van der Waals surface area contributed by atoms with Crippen LogP contribution in [0.4, 0.5) is 24.7 Å². The van der Waals surface area contributed by atoms with Crippen LogP contribution in [0.3, 0.4) is 0 Å². The van der Waals surface area contributed by atoms with Crippen molar-refractivity contribution in [3.05, 3.63) is 76.7 Å². The predicted octanol–water partition coefficient (Wildman–Crippen LogP) is 5.66. The molecule has 1 atom stereocenters. The molecule has 0 amide bonds. The fraction of sp³-hybridized carbons (Fsp3) is 0.320. The van der Waals surface area contributed by atoms with E-state index in [1.807, 2.05) is 36.9 Å². The molecule has 2 aromatic carbocycles. The summed E-state index contributed by atoms with van der Waals surface area (Å²) in [5.74, 6) is 0.550. The van der Waals surface area contributed by atoms with Gasteiger partial charge in [0.2, 0.25) is 0 Å². The van der Waals surface area contributed by atoms with Crippen LogP contribution in [0, 0.1) is 13.8 Å². The molecule has 1 aliphatic heterocycles. The molecule has 0 radical (unpaired) electrons. The number of hydrogen-bond donors (Lipinski definition) is 1. The molecule has 0 unspecified atom stereocenters. The first-order valence-electron chi connectivity index (χ1n) is 11.2. The monoisotopic (exact) mass is 466 g/mol. The topological polar surface area (TPSA) is 58.9 Å². The molecule has 1 aliphatic rings. The number of nitrogens with one attached hydrogen (secondary N) is 1. The molecule has 0 spiro atoms. The van der Waals surface area contributed by atoms with E-state index in [9.17, 15) is 13.2 Å². The summed E-state index contributed by atoms with van der Waals surface area (Å²) < 4.78 is 42.2. The lowest BCUT2D eigenvalue weighted by Gasteiger charge is -2.30. The van der Waals surface area contributed by atoms with Gasteiger partial charge in [0.1, 0.15) is 0 Å². The molecule has 6 nitrogen and oxygen atoms in total. The van der Waals surface area contributed by atoms with Gasteiger partial charge in [0.15, 0.2) is 5.82 Å². The average molecular weight is 467 g/mol. The zero-order chi connectivity index (χ0) is 24.0. The van der Waals surface area contributed by atoms with Gasteiger partial charge < -0.3 is 10.2 Å². The number of fused-ring (bicyclic) bond motifs is 2. The quantitative estimate of drug-likeness (QED) is 0.421. The van der Waals surface area contributed by atoms with Crippen molar-refractivity contribution in [2.24, 2.45) is 0 Å². The second-order valence-corrected chi connectivity index (χ2v) is 8.71. The summed E-state index contributed by atoms with van der Waals surface area (Å²) in [5, 5.41) is 18.2. The smallest absolute Gasteiger partial charge is 0.364 e. The maximum absolute atomic E-state index is 13.4. The number of rotatable bonds is 4. The first-order valence-corrected chi connectivity index (χ1v) is 11.2. The van der Waals surface area contributed by atoms with Gasteiger partial charge in [-0.25, -0.2) is 0 Å². The van der Waals surface area contributed by atoms with Gasteiger partial charge in [-0.3, -0.25) is 4.68 Å². The normalized spacial score (nSPS) is 14.8. The van der Waals surface area contributed by atoms with Gasteiger partial charge in [-0.1, -0.05) is 18.2 Å². The highest BCUT2D eigenvalue weighted by atomic mass is 19.4. The van der Waals surface area contributed by atoms with Crippen LogP contribution in [0.1, 0.15) is 41.0 Å². The third kappa shape index (κ3) is 3.95. The minimum absolute atomic E-state index is 0.213. The maximum Gasteiger partial charge on any atom is 0.416 e. The van der Waals surface area contributed by atoms with Crippen molar-refractivity contribution in [1.29, 1.82) is 0 Å². The summed E-state index contributed by atoms with van der Waals surface area (Å²) in [4.78, 5) is 2.29. The largest absolute Gasteiger partial charge is 0.416 e. The Bertz CT molecular complexity index is 1360. The first kappa shape index (κ1) is 22.2. The van der Waals surface area contributed by atoms with E-state index >= 15 is 0 Å². The Labute approximate surface area is 195 Å². The second-order valence-electron chi connectivity index (χ2n) is 8.71. The summed E-state index contributed by atoms with van der Waals surface area (Å²) in [6.45, 7) is 7.65. The van der Waals surface area contributed by atoms with Crippen molar-refractivity contribution in [2.75, 3.05) is 16.8 Å². The Balaban J connectivity index is 1.49. The Morgan fingerprint density at radius 1 is 1.00 bits per heavy atom. The second kappa shape index (κ2) is 8.30. The molecule has 4 aromatic rings. The molecule has 1 N–H and O–H groups in total. The van der Waals surface area contributed by atoms with Crippen molar-refractivity contribution >= 4 is 22.3 Å². The summed E-state index contributed by atoms with van der Waals surface area (Å²) in [6, 6.07) is 12.1. The molecule has 0 bridgehead atoms. The van der Waals surface area contributed by atoms with Gasteiger partial charge in [-0.15, -0.1) is 5.10 Å². The van der Waals surface area contributed by atoms with Gasteiger partial charge in [-0.2, -0.15) is 23.4 Å². The van der Waals surface area contributed by atoms with Gasteiger partial charge in [0, 0.05) is 29.2 Å². The number of anilines is 2. The molecule has 5 rings (SSSR count). The SMILES string of the molecule is Cc1c([C@@H](C)Nc2nnc(C)c3ccc(N4CCn5nccc5C4)cc23)cccc1C(F)(F)F. The van der Waals surface area contributed by atoms with Crippen molar-refractivity contribution in [3.8, 4) is 0 Å². The summed E-state index contributed by atoms with van der Waals surface area (Å²) in [6.07, 6.45) is -2.58. The van der Waals surface area contributed by atoms with E-state index in [4.69, 9.17) is 0 Å². The average Bonchev–Trinajstić information content (AvgIpc) is 3.28. The van der Waals surface area contributed by atoms with Crippen molar-refractivity contribution < 1.29 is 13.2 Å². The molecule has 176 valence electrons. The molecule has 34 heavy (non-hydrogen) atoms. The van der Waals surface area contributed by atoms with Crippen LogP contribution in [0.5, 0.6) is 0 Å². The molecular weight excluding hydrogens is 441 g/mol. The van der Waals surface area contributed by atoms with Gasteiger partial charge in [0.05, 0.1) is 36.1 Å². The minimum atomic E-state index is -4.39. The summed E-state index contributed by atoms with van der Waals surface area (Å²) in [7, 11) is 0. The third-order valence-corrected chi connectivity index (χ3v) is 6.55. The van der Waals surface area contributed by atoms with Crippen LogP contribution < -0.4 is 10.2 Å². The van der Waals surface area contributed by atoms with E-state index in [1.54, 1.807) is 6.07 Å². The number of alkyl halides is 3. The van der Waals surface area contributed by atoms with E-state index in [-0.39, 0.29) is 5.56 Å². The van der Waals surface area contributed by atoms with E-state index in [0.717, 1.165) is 53.5 Å². The molecule has 0 saturated heterocycles. The fourth-order valence-electron chi connectivity index (χ4n) is 4.70. The molecule has 3 heterocycles. The summed E-state index contributed by atoms with van der Waals surface area (Å²) in [5.41, 5.74) is 3.17. The van der Waals surface area contributed by atoms with Gasteiger partial charge >= 0.3 is 6.18 Å². The molecule has 0 saturated carbocycles. The minimum Gasteiger partial charge on any atom is -0.364 e. The maximum atomic E-state index is 13.4. The highest BCUT2D eigenvalue weighted by molar-refractivity contribution is 5.95. The Hall–Kier alpha value is -3.62. The lowest BCUT2D eigenvalue weighted by molar-refractivity contribution is -0.138. The Morgan fingerprint density at radius 3 is 2.62 bits per heavy atom. The van der Waals surface area contributed by atoms with Crippen LogP contribution in [0.25, 0.3) is 10.8 Å². The Morgan fingerprint density at radius 2 is 1.82 bits per heavy atom. The van der Waals surface area contributed by atoms with Crippen LogP contribution in [0.15, 0.2) is 48.7 Å². The standard InChI is InChI=1S/C25H25F3N6/c1-15-20(5-4-6-23(15)25(26,27)28)16(2)30-24-22-13-18(7-8-21(22)17(3)31-32-24)33-11-12-34-19(14-33)9-10-29-34/h4-10,13,16H,11-12,14H2,1-3H3,(H,30,32)/t16-/m1/s1. The first-order chi connectivity index (χ1) is 16.2. The summed E-state index contributed by atoms with van der Waals surface area (Å²) >= 11 is 0. The Kier molecular flexibility index (Phi) is 5.42. The fourth-order valence-corrected chi connectivity index (χ4v) is 4.70. The lowest BCUT2D eigenvalue weighted by atomic mass is 9.97. The molecule has 0 fully saturated rings. The predicted molar refractivity (Wildman–Crippen MR) is 126 cm³/mol. The highest BCUT2D eigenvalue weighted by Crippen LogP contribution is 2.36. The van der Waals surface area contributed by atoms with E-state index in [1.165, 1.54) is 13.0 Å². The number of halogens is 3. The van der Waals surface area contributed by atoms with Gasteiger partial charge in [-0.05, 0) is 56.2 Å². The molecule has 0 aliphatic carbocycles. The molecule has 2 aromatic heterocycles. The number of aryl methyl sites for hydroxylation is 1. The highest BCUT2D eigenvalue weighted by Gasteiger charge is 2.33.